The fourth-order valence-electron chi connectivity index (χ4n) is 4.33. The molecule has 0 spiro atoms. The van der Waals surface area contributed by atoms with Crippen LogP contribution in [0.25, 0.3) is 22.1 Å². The molecular weight excluding hydrogens is 438 g/mol. The molecule has 0 fully saturated rings. The quantitative estimate of drug-likeness (QED) is 0.374. The van der Waals surface area contributed by atoms with Crippen molar-refractivity contribution < 1.29 is 13.9 Å². The number of methoxy groups -OCH3 is 1. The van der Waals surface area contributed by atoms with Crippen molar-refractivity contribution in [1.29, 1.82) is 0 Å². The number of ether oxygens (including phenoxy) is 2. The summed E-state index contributed by atoms with van der Waals surface area (Å²) in [6, 6.07) is 19.0. The normalized spacial score (nSPS) is 13.5. The van der Waals surface area contributed by atoms with E-state index in [1.165, 1.54) is 0 Å². The van der Waals surface area contributed by atoms with E-state index in [1.807, 2.05) is 61.5 Å². The Morgan fingerprint density at radius 1 is 1.06 bits per heavy atom. The fraction of sp³-hybridized carbons (Fsp3) is 0.222. The molecule has 0 saturated heterocycles. The SMILES string of the molecule is COc1ccc(-c2c(C)oc3c4c(ccc3c2=O)OCN(CCc2ccccc2Cl)C4)cc1. The molecular formula is C27H24ClNO4. The summed E-state index contributed by atoms with van der Waals surface area (Å²) in [5, 5.41) is 1.33. The zero-order valence-corrected chi connectivity index (χ0v) is 19.3. The highest BCUT2D eigenvalue weighted by Gasteiger charge is 2.24. The number of benzene rings is 3. The van der Waals surface area contributed by atoms with E-state index in [2.05, 4.69) is 4.90 Å². The van der Waals surface area contributed by atoms with E-state index in [-0.39, 0.29) is 5.43 Å². The van der Waals surface area contributed by atoms with Gasteiger partial charge in [-0.2, -0.15) is 0 Å². The van der Waals surface area contributed by atoms with E-state index in [0.717, 1.165) is 46.2 Å². The van der Waals surface area contributed by atoms with Crippen molar-refractivity contribution in [3.8, 4) is 22.6 Å². The first-order chi connectivity index (χ1) is 16.0. The Kier molecular flexibility index (Phi) is 5.83. The molecule has 0 radical (unpaired) electrons. The van der Waals surface area contributed by atoms with Crippen LogP contribution in [0.2, 0.25) is 5.02 Å². The van der Waals surface area contributed by atoms with Crippen LogP contribution in [0.3, 0.4) is 0 Å². The van der Waals surface area contributed by atoms with Gasteiger partial charge >= 0.3 is 0 Å². The molecule has 33 heavy (non-hydrogen) atoms. The Morgan fingerprint density at radius 3 is 2.61 bits per heavy atom. The molecule has 6 heteroatoms. The maximum absolute atomic E-state index is 13.5. The number of nitrogens with zero attached hydrogens (tertiary/aromatic N) is 1. The highest BCUT2D eigenvalue weighted by molar-refractivity contribution is 6.31. The minimum absolute atomic E-state index is 0.0464. The first-order valence-corrected chi connectivity index (χ1v) is 11.2. The third kappa shape index (κ3) is 4.10. The van der Waals surface area contributed by atoms with Crippen molar-refractivity contribution in [3.05, 3.63) is 92.8 Å². The molecule has 1 aliphatic heterocycles. The third-order valence-electron chi connectivity index (χ3n) is 6.11. The summed E-state index contributed by atoms with van der Waals surface area (Å²) in [5.41, 5.74) is 3.93. The molecule has 5 nitrogen and oxygen atoms in total. The average molecular weight is 462 g/mol. The van der Waals surface area contributed by atoms with E-state index in [0.29, 0.717) is 35.6 Å². The Bertz CT molecular complexity index is 1380. The van der Waals surface area contributed by atoms with Gasteiger partial charge in [-0.1, -0.05) is 41.9 Å². The van der Waals surface area contributed by atoms with Crippen molar-refractivity contribution in [2.24, 2.45) is 0 Å². The molecule has 168 valence electrons. The summed E-state index contributed by atoms with van der Waals surface area (Å²) in [4.78, 5) is 15.7. The summed E-state index contributed by atoms with van der Waals surface area (Å²) >= 11 is 6.31. The molecule has 0 saturated carbocycles. The van der Waals surface area contributed by atoms with Crippen molar-refractivity contribution >= 4 is 22.6 Å². The average Bonchev–Trinajstić information content (AvgIpc) is 2.84. The molecule has 0 bridgehead atoms. The first kappa shape index (κ1) is 21.6. The Hall–Kier alpha value is -3.28. The molecule has 0 amide bonds. The minimum atomic E-state index is -0.0464. The predicted octanol–water partition coefficient (Wildman–Crippen LogP) is 5.83. The van der Waals surface area contributed by atoms with E-state index in [4.69, 9.17) is 25.5 Å². The molecule has 5 rings (SSSR count). The number of rotatable bonds is 5. The topological polar surface area (TPSA) is 51.9 Å². The van der Waals surface area contributed by atoms with Crippen molar-refractivity contribution in [1.82, 2.24) is 4.90 Å². The van der Waals surface area contributed by atoms with Crippen LogP contribution in [0.5, 0.6) is 11.5 Å². The summed E-state index contributed by atoms with van der Waals surface area (Å²) in [5.74, 6) is 2.08. The highest BCUT2D eigenvalue weighted by Crippen LogP contribution is 2.34. The zero-order valence-electron chi connectivity index (χ0n) is 18.6. The fourth-order valence-corrected chi connectivity index (χ4v) is 4.56. The van der Waals surface area contributed by atoms with Crippen molar-refractivity contribution in [2.45, 2.75) is 19.9 Å². The van der Waals surface area contributed by atoms with E-state index < -0.39 is 0 Å². The number of hydrogen-bond donors (Lipinski definition) is 0. The maximum Gasteiger partial charge on any atom is 0.200 e. The van der Waals surface area contributed by atoms with Crippen LogP contribution in [0.4, 0.5) is 0 Å². The lowest BCUT2D eigenvalue weighted by molar-refractivity contribution is 0.0968. The number of hydrogen-bond acceptors (Lipinski definition) is 5. The van der Waals surface area contributed by atoms with Gasteiger partial charge in [-0.15, -0.1) is 0 Å². The lowest BCUT2D eigenvalue weighted by atomic mass is 10.0. The van der Waals surface area contributed by atoms with Gasteiger partial charge in [-0.25, -0.2) is 0 Å². The van der Waals surface area contributed by atoms with Crippen LogP contribution in [-0.2, 0) is 13.0 Å². The molecule has 4 aromatic rings. The Morgan fingerprint density at radius 2 is 1.85 bits per heavy atom. The van der Waals surface area contributed by atoms with Crippen molar-refractivity contribution in [2.75, 3.05) is 20.4 Å². The number of aryl methyl sites for hydroxylation is 1. The Balaban J connectivity index is 1.48. The van der Waals surface area contributed by atoms with Gasteiger partial charge in [0.2, 0.25) is 5.43 Å². The summed E-state index contributed by atoms with van der Waals surface area (Å²) in [6.45, 7) is 3.74. The number of halogens is 1. The second-order valence-corrected chi connectivity index (χ2v) is 8.58. The van der Waals surface area contributed by atoms with Gasteiger partial charge < -0.3 is 13.9 Å². The molecule has 1 aromatic heterocycles. The van der Waals surface area contributed by atoms with Crippen LogP contribution < -0.4 is 14.9 Å². The molecule has 0 atom stereocenters. The van der Waals surface area contributed by atoms with E-state index in [9.17, 15) is 4.79 Å². The largest absolute Gasteiger partial charge is 0.497 e. The second-order valence-electron chi connectivity index (χ2n) is 8.18. The second kappa shape index (κ2) is 8.93. The van der Waals surface area contributed by atoms with Crippen LogP contribution >= 0.6 is 11.6 Å². The van der Waals surface area contributed by atoms with Gasteiger partial charge in [0.25, 0.3) is 0 Å². The summed E-state index contributed by atoms with van der Waals surface area (Å²) < 4.78 is 17.5. The summed E-state index contributed by atoms with van der Waals surface area (Å²) in [6.07, 6.45) is 0.813. The minimum Gasteiger partial charge on any atom is -0.497 e. The highest BCUT2D eigenvalue weighted by atomic mass is 35.5. The van der Waals surface area contributed by atoms with Gasteiger partial charge in [0.15, 0.2) is 0 Å². The van der Waals surface area contributed by atoms with E-state index in [1.54, 1.807) is 13.2 Å². The maximum atomic E-state index is 13.5. The Labute approximate surface area is 197 Å². The molecule has 0 N–H and O–H groups in total. The van der Waals surface area contributed by atoms with Gasteiger partial charge in [-0.3, -0.25) is 9.69 Å². The van der Waals surface area contributed by atoms with Gasteiger partial charge in [0.05, 0.1) is 23.6 Å². The standard InChI is InChI=1S/C27H24ClNO4/c1-17-25(19-7-9-20(31-2)10-8-19)26(30)21-11-12-24-22(27(21)33-17)15-29(16-32-24)14-13-18-5-3-4-6-23(18)28/h3-12H,13-16H2,1-2H3. The lowest BCUT2D eigenvalue weighted by Crippen LogP contribution is -2.34. The molecule has 0 aliphatic carbocycles. The zero-order chi connectivity index (χ0) is 22.9. The van der Waals surface area contributed by atoms with Gasteiger partial charge in [0.1, 0.15) is 29.6 Å². The summed E-state index contributed by atoms with van der Waals surface area (Å²) in [7, 11) is 1.62. The monoisotopic (exact) mass is 461 g/mol. The molecule has 2 heterocycles. The van der Waals surface area contributed by atoms with Crippen LogP contribution in [0, 0.1) is 6.92 Å². The lowest BCUT2D eigenvalue weighted by Gasteiger charge is -2.29. The van der Waals surface area contributed by atoms with Crippen molar-refractivity contribution in [3.63, 3.8) is 0 Å². The van der Waals surface area contributed by atoms with Gasteiger partial charge in [-0.05, 0) is 54.8 Å². The van der Waals surface area contributed by atoms with E-state index >= 15 is 0 Å². The van der Waals surface area contributed by atoms with Crippen LogP contribution in [0.1, 0.15) is 16.9 Å². The molecule has 3 aromatic carbocycles. The molecule has 0 unspecified atom stereocenters. The predicted molar refractivity (Wildman–Crippen MR) is 130 cm³/mol. The smallest absolute Gasteiger partial charge is 0.200 e. The van der Waals surface area contributed by atoms with Crippen LogP contribution in [0.15, 0.2) is 69.9 Å². The van der Waals surface area contributed by atoms with Gasteiger partial charge in [0, 0.05) is 18.1 Å². The first-order valence-electron chi connectivity index (χ1n) is 10.9. The molecule has 1 aliphatic rings. The number of fused-ring (bicyclic) bond motifs is 3. The van der Waals surface area contributed by atoms with Crippen LogP contribution in [-0.4, -0.2) is 25.3 Å². The third-order valence-corrected chi connectivity index (χ3v) is 6.48.